The number of amides is 2. The second-order valence-corrected chi connectivity index (χ2v) is 4.72. The van der Waals surface area contributed by atoms with E-state index < -0.39 is 11.9 Å². The number of nitrogens with zero attached hydrogens (tertiary/aromatic N) is 1. The molecule has 0 spiro atoms. The number of aliphatic carboxylic acids is 1. The second-order valence-electron chi connectivity index (χ2n) is 4.72. The Balaban J connectivity index is 1.92. The van der Waals surface area contributed by atoms with Crippen molar-refractivity contribution in [2.75, 3.05) is 32.7 Å². The zero-order chi connectivity index (χ0) is 14.4. The van der Waals surface area contributed by atoms with E-state index in [1.165, 1.54) is 0 Å². The Bertz CT molecular complexity index is 458. The lowest BCUT2D eigenvalue weighted by Crippen LogP contribution is -2.51. The van der Waals surface area contributed by atoms with E-state index in [2.05, 4.69) is 10.6 Å². The van der Waals surface area contributed by atoms with E-state index in [1.54, 1.807) is 29.2 Å². The highest BCUT2D eigenvalue weighted by Crippen LogP contribution is 2.14. The first-order chi connectivity index (χ1) is 9.68. The summed E-state index contributed by atoms with van der Waals surface area (Å²) in [5.41, 5.74) is 0.695. The van der Waals surface area contributed by atoms with Gasteiger partial charge in [-0.1, -0.05) is 30.3 Å². The summed E-state index contributed by atoms with van der Waals surface area (Å²) in [5.74, 6) is -1.65. The van der Waals surface area contributed by atoms with Gasteiger partial charge in [0, 0.05) is 32.7 Å². The average Bonchev–Trinajstić information content (AvgIpc) is 2.49. The summed E-state index contributed by atoms with van der Waals surface area (Å²) in [6, 6.07) is 8.74. The van der Waals surface area contributed by atoms with Crippen LogP contribution in [-0.4, -0.2) is 54.7 Å². The van der Waals surface area contributed by atoms with Crippen LogP contribution in [0.25, 0.3) is 0 Å². The maximum absolute atomic E-state index is 12.0. The SMILES string of the molecule is O=C(O)C(CNC(=O)N1CCNCC1)c1ccccc1. The van der Waals surface area contributed by atoms with E-state index in [9.17, 15) is 14.7 Å². The lowest BCUT2D eigenvalue weighted by Gasteiger charge is -2.28. The number of carbonyl (C=O) groups excluding carboxylic acids is 1. The molecule has 20 heavy (non-hydrogen) atoms. The van der Waals surface area contributed by atoms with Crippen molar-refractivity contribution in [1.82, 2.24) is 15.5 Å². The van der Waals surface area contributed by atoms with E-state index in [0.29, 0.717) is 18.7 Å². The molecule has 2 rings (SSSR count). The number of carbonyl (C=O) groups is 2. The van der Waals surface area contributed by atoms with E-state index >= 15 is 0 Å². The third-order valence-electron chi connectivity index (χ3n) is 3.36. The minimum Gasteiger partial charge on any atom is -0.481 e. The van der Waals surface area contributed by atoms with Gasteiger partial charge in [0.25, 0.3) is 0 Å². The van der Waals surface area contributed by atoms with Crippen molar-refractivity contribution in [2.45, 2.75) is 5.92 Å². The van der Waals surface area contributed by atoms with Crippen LogP contribution in [-0.2, 0) is 4.79 Å². The molecule has 1 aromatic carbocycles. The van der Waals surface area contributed by atoms with Crippen LogP contribution >= 0.6 is 0 Å². The second kappa shape index (κ2) is 6.91. The van der Waals surface area contributed by atoms with Gasteiger partial charge in [0.1, 0.15) is 0 Å². The quantitative estimate of drug-likeness (QED) is 0.747. The fourth-order valence-corrected chi connectivity index (χ4v) is 2.20. The predicted molar refractivity (Wildman–Crippen MR) is 74.7 cm³/mol. The number of carboxylic acid groups (broad SMARTS) is 1. The van der Waals surface area contributed by atoms with Crippen molar-refractivity contribution >= 4 is 12.0 Å². The number of benzene rings is 1. The van der Waals surface area contributed by atoms with Gasteiger partial charge in [0.05, 0.1) is 5.92 Å². The van der Waals surface area contributed by atoms with Crippen molar-refractivity contribution < 1.29 is 14.7 Å². The third kappa shape index (κ3) is 3.71. The smallest absolute Gasteiger partial charge is 0.317 e. The molecule has 0 bridgehead atoms. The van der Waals surface area contributed by atoms with Crippen molar-refractivity contribution in [3.63, 3.8) is 0 Å². The molecule has 0 saturated carbocycles. The van der Waals surface area contributed by atoms with Gasteiger partial charge < -0.3 is 20.6 Å². The van der Waals surface area contributed by atoms with Gasteiger partial charge in [0.2, 0.25) is 0 Å². The molecule has 1 aliphatic heterocycles. The maximum Gasteiger partial charge on any atom is 0.317 e. The van der Waals surface area contributed by atoms with Crippen LogP contribution in [0.3, 0.4) is 0 Å². The molecule has 3 N–H and O–H groups in total. The molecule has 6 nitrogen and oxygen atoms in total. The molecule has 0 aromatic heterocycles. The Morgan fingerprint density at radius 3 is 2.50 bits per heavy atom. The van der Waals surface area contributed by atoms with Gasteiger partial charge in [-0.2, -0.15) is 0 Å². The molecule has 0 radical (unpaired) electrons. The first-order valence-electron chi connectivity index (χ1n) is 6.69. The van der Waals surface area contributed by atoms with E-state index in [1.807, 2.05) is 6.07 Å². The third-order valence-corrected chi connectivity index (χ3v) is 3.36. The number of rotatable bonds is 4. The molecule has 2 amide bonds. The summed E-state index contributed by atoms with van der Waals surface area (Å²) in [5, 5.41) is 15.1. The molecule has 1 atom stereocenters. The van der Waals surface area contributed by atoms with Crippen LogP contribution in [0.15, 0.2) is 30.3 Å². The van der Waals surface area contributed by atoms with Gasteiger partial charge in [-0.25, -0.2) is 4.79 Å². The number of nitrogens with one attached hydrogen (secondary N) is 2. The highest BCUT2D eigenvalue weighted by atomic mass is 16.4. The highest BCUT2D eigenvalue weighted by molar-refractivity contribution is 5.79. The fourth-order valence-electron chi connectivity index (χ4n) is 2.20. The number of hydrogen-bond acceptors (Lipinski definition) is 3. The molecular formula is C14H19N3O3. The van der Waals surface area contributed by atoms with Crippen LogP contribution < -0.4 is 10.6 Å². The van der Waals surface area contributed by atoms with E-state index in [-0.39, 0.29) is 12.6 Å². The Labute approximate surface area is 117 Å². The number of urea groups is 1. The molecule has 1 aliphatic rings. The van der Waals surface area contributed by atoms with Crippen LogP contribution in [0.2, 0.25) is 0 Å². The number of piperazine rings is 1. The van der Waals surface area contributed by atoms with Crippen molar-refractivity contribution in [2.24, 2.45) is 0 Å². The molecule has 6 heteroatoms. The van der Waals surface area contributed by atoms with Gasteiger partial charge in [0.15, 0.2) is 0 Å². The van der Waals surface area contributed by atoms with E-state index in [0.717, 1.165) is 13.1 Å². The fraction of sp³-hybridized carbons (Fsp3) is 0.429. The largest absolute Gasteiger partial charge is 0.481 e. The molecule has 0 aliphatic carbocycles. The first kappa shape index (κ1) is 14.3. The molecule has 1 aromatic rings. The molecule has 108 valence electrons. The van der Waals surface area contributed by atoms with Crippen molar-refractivity contribution in [1.29, 1.82) is 0 Å². The zero-order valence-corrected chi connectivity index (χ0v) is 11.2. The van der Waals surface area contributed by atoms with Crippen molar-refractivity contribution in [3.05, 3.63) is 35.9 Å². The summed E-state index contributed by atoms with van der Waals surface area (Å²) in [4.78, 5) is 25.0. The lowest BCUT2D eigenvalue weighted by atomic mass is 9.99. The topological polar surface area (TPSA) is 81.7 Å². The zero-order valence-electron chi connectivity index (χ0n) is 11.2. The van der Waals surface area contributed by atoms with Gasteiger partial charge in [-0.05, 0) is 5.56 Å². The lowest BCUT2D eigenvalue weighted by molar-refractivity contribution is -0.138. The first-order valence-corrected chi connectivity index (χ1v) is 6.69. The predicted octanol–water partition coefficient (Wildman–Crippen LogP) is 0.470. The maximum atomic E-state index is 12.0. The molecular weight excluding hydrogens is 258 g/mol. The van der Waals surface area contributed by atoms with Crippen LogP contribution in [0.1, 0.15) is 11.5 Å². The summed E-state index contributed by atoms with van der Waals surface area (Å²) in [6.45, 7) is 2.94. The summed E-state index contributed by atoms with van der Waals surface area (Å²) >= 11 is 0. The average molecular weight is 277 g/mol. The highest BCUT2D eigenvalue weighted by Gasteiger charge is 2.22. The van der Waals surface area contributed by atoms with Crippen LogP contribution in [0.5, 0.6) is 0 Å². The minimum atomic E-state index is -0.934. The normalized spacial score (nSPS) is 16.5. The van der Waals surface area contributed by atoms with E-state index in [4.69, 9.17) is 0 Å². The Hall–Kier alpha value is -2.08. The van der Waals surface area contributed by atoms with Gasteiger partial charge in [-0.3, -0.25) is 4.79 Å². The monoisotopic (exact) mass is 277 g/mol. The molecule has 1 heterocycles. The molecule has 1 unspecified atom stereocenters. The standard InChI is InChI=1S/C14H19N3O3/c18-13(19)12(11-4-2-1-3-5-11)10-16-14(20)17-8-6-15-7-9-17/h1-5,12,15H,6-10H2,(H,16,20)(H,18,19). The summed E-state index contributed by atoms with van der Waals surface area (Å²) in [7, 11) is 0. The van der Waals surface area contributed by atoms with Gasteiger partial charge >= 0.3 is 12.0 Å². The van der Waals surface area contributed by atoms with Crippen LogP contribution in [0, 0.1) is 0 Å². The Kier molecular flexibility index (Phi) is 4.95. The Morgan fingerprint density at radius 1 is 1.25 bits per heavy atom. The number of carboxylic acids is 1. The molecule has 1 saturated heterocycles. The number of hydrogen-bond donors (Lipinski definition) is 3. The van der Waals surface area contributed by atoms with Gasteiger partial charge in [-0.15, -0.1) is 0 Å². The Morgan fingerprint density at radius 2 is 1.90 bits per heavy atom. The minimum absolute atomic E-state index is 0.0993. The summed E-state index contributed by atoms with van der Waals surface area (Å²) in [6.07, 6.45) is 0. The van der Waals surface area contributed by atoms with Crippen LogP contribution in [0.4, 0.5) is 4.79 Å². The summed E-state index contributed by atoms with van der Waals surface area (Å²) < 4.78 is 0. The van der Waals surface area contributed by atoms with Crippen molar-refractivity contribution in [3.8, 4) is 0 Å². The molecule has 1 fully saturated rings.